The van der Waals surface area contributed by atoms with Gasteiger partial charge >= 0.3 is 5.97 Å². The summed E-state index contributed by atoms with van der Waals surface area (Å²) >= 11 is 0. The molecule has 3 aromatic rings. The fourth-order valence-electron chi connectivity index (χ4n) is 2.19. The Labute approximate surface area is 135 Å². The largest absolute Gasteiger partial charge is 0.480 e. The molecule has 124 valence electrons. The Bertz CT molecular complexity index is 1000. The van der Waals surface area contributed by atoms with Crippen LogP contribution in [0, 0.1) is 5.82 Å². The number of sulfonamides is 1. The highest BCUT2D eigenvalue weighted by Crippen LogP contribution is 2.23. The first-order chi connectivity index (χ1) is 11.4. The summed E-state index contributed by atoms with van der Waals surface area (Å²) in [5.74, 6) is -1.97. The van der Waals surface area contributed by atoms with Crippen LogP contribution in [0.15, 0.2) is 47.9 Å². The number of benzene rings is 1. The van der Waals surface area contributed by atoms with Crippen molar-refractivity contribution < 1.29 is 22.7 Å². The van der Waals surface area contributed by atoms with Crippen molar-refractivity contribution in [1.29, 1.82) is 0 Å². The Hall–Kier alpha value is -2.85. The van der Waals surface area contributed by atoms with Gasteiger partial charge in [0, 0.05) is 12.4 Å². The van der Waals surface area contributed by atoms with E-state index in [-0.39, 0.29) is 15.8 Å². The fourth-order valence-corrected chi connectivity index (χ4v) is 3.52. The minimum absolute atomic E-state index is 0.101. The number of nitrogens with one attached hydrogen (secondary N) is 2. The first-order valence-electron chi connectivity index (χ1n) is 6.66. The van der Waals surface area contributed by atoms with E-state index in [1.807, 2.05) is 0 Å². The van der Waals surface area contributed by atoms with E-state index in [9.17, 15) is 22.7 Å². The second-order valence-electron chi connectivity index (χ2n) is 4.88. The summed E-state index contributed by atoms with van der Waals surface area (Å²) < 4.78 is 40.2. The van der Waals surface area contributed by atoms with Crippen LogP contribution in [0.4, 0.5) is 4.39 Å². The number of carbonyl (C=O) groups is 1. The van der Waals surface area contributed by atoms with E-state index in [1.54, 1.807) is 0 Å². The minimum Gasteiger partial charge on any atom is -0.480 e. The topological polar surface area (TPSA) is 125 Å². The molecule has 2 aromatic heterocycles. The predicted molar refractivity (Wildman–Crippen MR) is 81.0 cm³/mol. The number of carboxylic acids is 1. The highest BCUT2D eigenvalue weighted by atomic mass is 32.2. The first kappa shape index (κ1) is 16.0. The third-order valence-corrected chi connectivity index (χ3v) is 4.79. The van der Waals surface area contributed by atoms with E-state index in [0.717, 1.165) is 12.1 Å². The molecule has 0 saturated carbocycles. The molecule has 0 radical (unpaired) electrons. The lowest BCUT2D eigenvalue weighted by atomic mass is 10.1. The molecule has 0 saturated heterocycles. The Balaban J connectivity index is 2.00. The summed E-state index contributed by atoms with van der Waals surface area (Å²) in [7, 11) is -4.18. The number of rotatable bonds is 5. The maximum atomic E-state index is 13.0. The minimum atomic E-state index is -4.18. The molecular weight excluding hydrogens is 339 g/mol. The van der Waals surface area contributed by atoms with Gasteiger partial charge in [-0.3, -0.25) is 4.79 Å². The molecule has 0 aliphatic rings. The van der Waals surface area contributed by atoms with E-state index >= 15 is 0 Å². The number of aliphatic carboxylic acids is 1. The molecule has 8 nitrogen and oxygen atoms in total. The van der Waals surface area contributed by atoms with Crippen molar-refractivity contribution in [2.75, 3.05) is 0 Å². The molecule has 3 rings (SSSR count). The van der Waals surface area contributed by atoms with Crippen molar-refractivity contribution in [3.63, 3.8) is 0 Å². The molecule has 0 amide bonds. The number of aromatic nitrogens is 3. The highest BCUT2D eigenvalue weighted by Gasteiger charge is 2.29. The molecule has 10 heteroatoms. The number of hydrogen-bond acceptors (Lipinski definition) is 5. The van der Waals surface area contributed by atoms with Gasteiger partial charge in [0.05, 0.1) is 5.39 Å². The van der Waals surface area contributed by atoms with Gasteiger partial charge < -0.3 is 10.1 Å². The zero-order chi connectivity index (χ0) is 17.3. The molecule has 24 heavy (non-hydrogen) atoms. The van der Waals surface area contributed by atoms with Gasteiger partial charge in [0.1, 0.15) is 28.7 Å². The highest BCUT2D eigenvalue weighted by molar-refractivity contribution is 7.89. The number of H-pyrrole nitrogens is 1. The number of hydrogen-bond donors (Lipinski definition) is 3. The van der Waals surface area contributed by atoms with Crippen molar-refractivity contribution in [2.45, 2.75) is 10.9 Å². The maximum Gasteiger partial charge on any atom is 0.326 e. The van der Waals surface area contributed by atoms with E-state index in [4.69, 9.17) is 0 Å². The fraction of sp³-hybridized carbons (Fsp3) is 0.0714. The summed E-state index contributed by atoms with van der Waals surface area (Å²) in [6.45, 7) is 0. The second kappa shape index (κ2) is 5.98. The van der Waals surface area contributed by atoms with Gasteiger partial charge in [-0.1, -0.05) is 12.1 Å². The Morgan fingerprint density at radius 1 is 1.29 bits per heavy atom. The van der Waals surface area contributed by atoms with Crippen molar-refractivity contribution in [3.05, 3.63) is 54.4 Å². The standard InChI is InChI=1S/C14H11FN4O4S/c15-9-3-1-8(2-4-9)12(14(20)21)19-24(22,23)11-6-17-13-10(11)5-16-7-18-13/h1-7,12,19H,(H,20,21)(H,16,17,18). The Morgan fingerprint density at radius 3 is 2.67 bits per heavy atom. The van der Waals surface area contributed by atoms with Crippen LogP contribution in [0.2, 0.25) is 0 Å². The lowest BCUT2D eigenvalue weighted by Crippen LogP contribution is -2.33. The van der Waals surface area contributed by atoms with Crippen molar-refractivity contribution in [3.8, 4) is 0 Å². The Morgan fingerprint density at radius 2 is 2.00 bits per heavy atom. The number of aromatic amines is 1. The summed E-state index contributed by atoms with van der Waals surface area (Å²) in [4.78, 5) is 21.6. The molecule has 1 atom stereocenters. The van der Waals surface area contributed by atoms with E-state index in [2.05, 4.69) is 19.7 Å². The zero-order valence-electron chi connectivity index (χ0n) is 12.0. The van der Waals surface area contributed by atoms with Crippen LogP contribution >= 0.6 is 0 Å². The van der Waals surface area contributed by atoms with Crippen LogP contribution in [0.1, 0.15) is 11.6 Å². The maximum absolute atomic E-state index is 13.0. The molecule has 0 spiro atoms. The van der Waals surface area contributed by atoms with Gasteiger partial charge in [-0.25, -0.2) is 22.8 Å². The molecule has 0 fully saturated rings. The van der Waals surface area contributed by atoms with Crippen LogP contribution in [0.25, 0.3) is 11.0 Å². The number of nitrogens with zero attached hydrogens (tertiary/aromatic N) is 2. The predicted octanol–water partition coefficient (Wildman–Crippen LogP) is 1.20. The lowest BCUT2D eigenvalue weighted by molar-refractivity contribution is -0.139. The number of fused-ring (bicyclic) bond motifs is 1. The summed E-state index contributed by atoms with van der Waals surface area (Å²) in [6, 6.07) is 2.95. The van der Waals surface area contributed by atoms with E-state index in [0.29, 0.717) is 5.65 Å². The van der Waals surface area contributed by atoms with Gasteiger partial charge in [0.2, 0.25) is 10.0 Å². The molecule has 3 N–H and O–H groups in total. The monoisotopic (exact) mass is 350 g/mol. The van der Waals surface area contributed by atoms with E-state index in [1.165, 1.54) is 30.9 Å². The van der Waals surface area contributed by atoms with Crippen molar-refractivity contribution in [2.24, 2.45) is 0 Å². The summed E-state index contributed by atoms with van der Waals surface area (Å²) in [5, 5.41) is 9.55. The molecule has 1 unspecified atom stereocenters. The number of halogens is 1. The van der Waals surface area contributed by atoms with Crippen LogP contribution in [0.3, 0.4) is 0 Å². The van der Waals surface area contributed by atoms with Gasteiger partial charge in [-0.2, -0.15) is 4.72 Å². The van der Waals surface area contributed by atoms with Crippen molar-refractivity contribution >= 4 is 27.0 Å². The normalized spacial score (nSPS) is 13.0. The molecule has 0 aliphatic carbocycles. The first-order valence-corrected chi connectivity index (χ1v) is 8.14. The van der Waals surface area contributed by atoms with Gasteiger partial charge in [0.15, 0.2) is 0 Å². The van der Waals surface area contributed by atoms with Crippen molar-refractivity contribution in [1.82, 2.24) is 19.7 Å². The lowest BCUT2D eigenvalue weighted by Gasteiger charge is -2.14. The van der Waals surface area contributed by atoms with E-state index < -0.39 is 27.9 Å². The average Bonchev–Trinajstić information content (AvgIpc) is 2.98. The molecule has 1 aromatic carbocycles. The smallest absolute Gasteiger partial charge is 0.326 e. The van der Waals surface area contributed by atoms with Gasteiger partial charge in [-0.05, 0) is 17.7 Å². The SMILES string of the molecule is O=C(O)C(NS(=O)(=O)c1c[nH]c2ncncc12)c1ccc(F)cc1. The van der Waals surface area contributed by atoms with Crippen LogP contribution in [-0.2, 0) is 14.8 Å². The second-order valence-corrected chi connectivity index (χ2v) is 6.56. The molecule has 0 aliphatic heterocycles. The number of carboxylic acid groups (broad SMARTS) is 1. The summed E-state index contributed by atoms with van der Waals surface area (Å²) in [6.07, 6.45) is 3.76. The van der Waals surface area contributed by atoms with Crippen LogP contribution < -0.4 is 4.72 Å². The third kappa shape index (κ3) is 2.96. The van der Waals surface area contributed by atoms with Crippen LogP contribution in [0.5, 0.6) is 0 Å². The summed E-state index contributed by atoms with van der Waals surface area (Å²) in [5.41, 5.74) is 0.405. The Kier molecular flexibility index (Phi) is 3.99. The average molecular weight is 350 g/mol. The van der Waals surface area contributed by atoms with Crippen LogP contribution in [-0.4, -0.2) is 34.4 Å². The van der Waals surface area contributed by atoms with Gasteiger partial charge in [-0.15, -0.1) is 0 Å². The third-order valence-electron chi connectivity index (χ3n) is 3.33. The zero-order valence-corrected chi connectivity index (χ0v) is 12.8. The van der Waals surface area contributed by atoms with Gasteiger partial charge in [0.25, 0.3) is 0 Å². The quantitative estimate of drug-likeness (QED) is 0.635. The molecular formula is C14H11FN4O4S. The molecule has 0 bridgehead atoms. The molecule has 2 heterocycles.